The summed E-state index contributed by atoms with van der Waals surface area (Å²) < 4.78 is 4.79. The first-order valence-corrected chi connectivity index (χ1v) is 10.2. The van der Waals surface area contributed by atoms with Crippen molar-refractivity contribution >= 4 is 34.9 Å². The van der Waals surface area contributed by atoms with E-state index in [2.05, 4.69) is 15.2 Å². The molecule has 2 aromatic rings. The first-order chi connectivity index (χ1) is 15.3. The van der Waals surface area contributed by atoms with E-state index >= 15 is 0 Å². The number of rotatable bonds is 5. The number of aliphatic hydroxyl groups is 1. The Balaban J connectivity index is 0.000000307. The Bertz CT molecular complexity index is 874. The summed E-state index contributed by atoms with van der Waals surface area (Å²) in [5, 5.41) is 19.1. The molecule has 1 saturated heterocycles. The smallest absolute Gasteiger partial charge is 0.254 e. The van der Waals surface area contributed by atoms with Crippen molar-refractivity contribution in [3.63, 3.8) is 0 Å². The third-order valence-electron chi connectivity index (χ3n) is 4.39. The van der Waals surface area contributed by atoms with E-state index in [0.29, 0.717) is 6.54 Å². The molecular formula is C21H30ClN5O5. The predicted molar refractivity (Wildman–Crippen MR) is 124 cm³/mol. The Kier molecular flexibility index (Phi) is 11.9. The van der Waals surface area contributed by atoms with Gasteiger partial charge in [0.05, 0.1) is 18.7 Å². The van der Waals surface area contributed by atoms with Crippen molar-refractivity contribution in [3.8, 4) is 11.6 Å². The fraction of sp³-hybridized carbons (Fsp3) is 0.381. The lowest BCUT2D eigenvalue weighted by Gasteiger charge is -2.25. The van der Waals surface area contributed by atoms with Crippen LogP contribution in [-0.4, -0.2) is 65.8 Å². The summed E-state index contributed by atoms with van der Waals surface area (Å²) in [5.41, 5.74) is 11.3. The van der Waals surface area contributed by atoms with Crippen LogP contribution in [0.4, 0.5) is 11.5 Å². The minimum Gasteiger partial charge on any atom is -0.508 e. The predicted octanol–water partition coefficient (Wildman–Crippen LogP) is 1.85. The molecule has 2 amide bonds. The van der Waals surface area contributed by atoms with Gasteiger partial charge in [-0.05, 0) is 56.3 Å². The molecule has 11 heteroatoms. The van der Waals surface area contributed by atoms with Crippen molar-refractivity contribution < 1.29 is 24.5 Å². The number of hydrogen-bond donors (Lipinski definition) is 5. The van der Waals surface area contributed by atoms with Crippen molar-refractivity contribution in [2.24, 2.45) is 5.73 Å². The van der Waals surface area contributed by atoms with Gasteiger partial charge in [-0.1, -0.05) is 18.0 Å². The van der Waals surface area contributed by atoms with Gasteiger partial charge in [0, 0.05) is 12.8 Å². The van der Waals surface area contributed by atoms with Crippen molar-refractivity contribution in [1.29, 1.82) is 0 Å². The van der Waals surface area contributed by atoms with E-state index in [1.165, 1.54) is 32.4 Å². The van der Waals surface area contributed by atoms with E-state index in [1.807, 2.05) is 0 Å². The average molecular weight is 468 g/mol. The number of nitrogens with two attached hydrogens (primary N) is 2. The highest BCUT2D eigenvalue weighted by atomic mass is 35.5. The van der Waals surface area contributed by atoms with Gasteiger partial charge in [-0.15, -0.1) is 0 Å². The van der Waals surface area contributed by atoms with Gasteiger partial charge in [-0.3, -0.25) is 14.5 Å². The van der Waals surface area contributed by atoms with Gasteiger partial charge in [-0.2, -0.15) is 4.98 Å². The number of phenols is 1. The van der Waals surface area contributed by atoms with Gasteiger partial charge in [-0.25, -0.2) is 0 Å². The second-order valence-corrected chi connectivity index (χ2v) is 7.12. The average Bonchev–Trinajstić information content (AvgIpc) is 2.79. The second kappa shape index (κ2) is 14.1. The number of likely N-dealkylation sites (tertiary alicyclic amines) is 1. The Morgan fingerprint density at radius 2 is 1.78 bits per heavy atom. The summed E-state index contributed by atoms with van der Waals surface area (Å²) >= 11 is 5.64. The van der Waals surface area contributed by atoms with Crippen molar-refractivity contribution in [1.82, 2.24) is 9.88 Å². The number of halogens is 1. The number of nitrogens with one attached hydrogen (secondary N) is 1. The Morgan fingerprint density at radius 1 is 1.19 bits per heavy atom. The summed E-state index contributed by atoms with van der Waals surface area (Å²) in [6, 6.07) is 7.85. The molecule has 0 aliphatic carbocycles. The Hall–Kier alpha value is -3.08. The van der Waals surface area contributed by atoms with Gasteiger partial charge in [0.25, 0.3) is 5.91 Å². The van der Waals surface area contributed by atoms with Gasteiger partial charge in [0.2, 0.25) is 11.8 Å². The minimum absolute atomic E-state index is 0.0117. The van der Waals surface area contributed by atoms with Crippen LogP contribution in [0, 0.1) is 0 Å². The molecule has 0 saturated carbocycles. The summed E-state index contributed by atoms with van der Waals surface area (Å²) in [7, 11) is 2.36. The van der Waals surface area contributed by atoms with E-state index in [4.69, 9.17) is 38.0 Å². The fourth-order valence-electron chi connectivity index (χ4n) is 2.88. The lowest BCUT2D eigenvalue weighted by atomic mass is 10.1. The second-order valence-electron chi connectivity index (χ2n) is 6.71. The zero-order chi connectivity index (χ0) is 24.1. The molecular weight excluding hydrogens is 438 g/mol. The summed E-state index contributed by atoms with van der Waals surface area (Å²) in [4.78, 5) is 28.5. The molecule has 0 unspecified atom stereocenters. The van der Waals surface area contributed by atoms with Crippen LogP contribution in [0.5, 0.6) is 11.6 Å². The highest BCUT2D eigenvalue weighted by molar-refractivity contribution is 6.33. The molecule has 32 heavy (non-hydrogen) atoms. The molecule has 1 fully saturated rings. The Morgan fingerprint density at radius 3 is 2.31 bits per heavy atom. The molecule has 0 atom stereocenters. The number of methoxy groups -OCH3 is 1. The molecule has 1 aliphatic rings. The molecule has 176 valence electrons. The maximum Gasteiger partial charge on any atom is 0.254 e. The molecule has 0 radical (unpaired) electrons. The number of piperidine rings is 1. The normalized spacial score (nSPS) is 13.0. The fourth-order valence-corrected chi connectivity index (χ4v) is 3.03. The molecule has 1 aromatic heterocycles. The highest BCUT2D eigenvalue weighted by Crippen LogP contribution is 2.24. The van der Waals surface area contributed by atoms with Crippen LogP contribution >= 0.6 is 11.6 Å². The monoisotopic (exact) mass is 467 g/mol. The summed E-state index contributed by atoms with van der Waals surface area (Å²) in [5.74, 6) is -0.263. The third kappa shape index (κ3) is 8.96. The first-order valence-electron chi connectivity index (χ1n) is 9.86. The van der Waals surface area contributed by atoms with Crippen molar-refractivity contribution in [3.05, 3.63) is 40.9 Å². The van der Waals surface area contributed by atoms with E-state index in [9.17, 15) is 9.59 Å². The van der Waals surface area contributed by atoms with E-state index in [-0.39, 0.29) is 33.9 Å². The van der Waals surface area contributed by atoms with Crippen LogP contribution in [0.1, 0.15) is 29.6 Å². The molecule has 2 heterocycles. The topological polar surface area (TPSA) is 164 Å². The van der Waals surface area contributed by atoms with Crippen molar-refractivity contribution in [2.75, 3.05) is 44.9 Å². The number of nitrogen functional groups attached to an aromatic ring is 1. The number of nitrogens with zero attached hydrogens (tertiary/aromatic N) is 2. The van der Waals surface area contributed by atoms with Crippen LogP contribution in [-0.2, 0) is 4.79 Å². The molecule has 3 rings (SSSR count). The lowest BCUT2D eigenvalue weighted by molar-refractivity contribution is -0.117. The van der Waals surface area contributed by atoms with E-state index < -0.39 is 5.91 Å². The van der Waals surface area contributed by atoms with Gasteiger partial charge in [0.15, 0.2) is 0 Å². The Labute approximate surface area is 192 Å². The maximum absolute atomic E-state index is 11.8. The zero-order valence-corrected chi connectivity index (χ0v) is 18.9. The molecule has 1 aliphatic heterocycles. The zero-order valence-electron chi connectivity index (χ0n) is 18.2. The van der Waals surface area contributed by atoms with E-state index in [1.54, 1.807) is 24.3 Å². The van der Waals surface area contributed by atoms with Crippen molar-refractivity contribution in [2.45, 2.75) is 19.3 Å². The molecule has 0 spiro atoms. The largest absolute Gasteiger partial charge is 0.508 e. The number of benzene rings is 1. The number of carbonyl (C=O) groups excluding carboxylic acids is 2. The van der Waals surface area contributed by atoms with Crippen LogP contribution in [0.2, 0.25) is 5.02 Å². The quantitative estimate of drug-likeness (QED) is 0.415. The molecule has 7 N–H and O–H groups in total. The molecule has 10 nitrogen and oxygen atoms in total. The summed E-state index contributed by atoms with van der Waals surface area (Å²) in [6.45, 7) is 2.49. The number of anilines is 2. The number of aromatic nitrogens is 1. The van der Waals surface area contributed by atoms with Gasteiger partial charge < -0.3 is 31.7 Å². The number of phenolic OH excluding ortho intramolecular Hbond substituents is 1. The molecule has 1 aromatic carbocycles. The SMILES string of the molecule is CO.COc1nc(N)c(Cl)cc1C(N)=O.O=C(CN1CCCCC1)Nc1ccc(O)cc1. The van der Waals surface area contributed by atoms with Crippen LogP contribution in [0.15, 0.2) is 30.3 Å². The van der Waals surface area contributed by atoms with Gasteiger partial charge in [0.1, 0.15) is 17.1 Å². The van der Waals surface area contributed by atoms with Crippen LogP contribution < -0.4 is 21.5 Å². The number of carbonyl (C=O) groups is 2. The maximum atomic E-state index is 11.8. The van der Waals surface area contributed by atoms with E-state index in [0.717, 1.165) is 25.9 Å². The number of amides is 2. The third-order valence-corrected chi connectivity index (χ3v) is 4.70. The van der Waals surface area contributed by atoms with Crippen LogP contribution in [0.25, 0.3) is 0 Å². The minimum atomic E-state index is -0.661. The number of hydrogen-bond acceptors (Lipinski definition) is 8. The standard InChI is InChI=1S/C13H18N2O2.C7H8ClN3O2.CH4O/c16-12-6-4-11(5-7-12)14-13(17)10-15-8-2-1-3-9-15;1-13-7-3(6(10)12)2-4(8)5(9)11-7;1-2/h4-7,16H,1-3,8-10H2,(H,14,17);2H,1H3,(H2,9,11)(H2,10,12);2H,1H3. The number of pyridine rings is 1. The lowest BCUT2D eigenvalue weighted by Crippen LogP contribution is -2.36. The van der Waals surface area contributed by atoms with Crippen LogP contribution in [0.3, 0.4) is 0 Å². The molecule has 0 bridgehead atoms. The number of ether oxygens (including phenoxy) is 1. The number of primary amides is 1. The number of aromatic hydroxyl groups is 1. The number of aliphatic hydroxyl groups excluding tert-OH is 1. The summed E-state index contributed by atoms with van der Waals surface area (Å²) in [6.07, 6.45) is 3.65. The highest BCUT2D eigenvalue weighted by Gasteiger charge is 2.14. The first kappa shape index (κ1) is 27.0. The van der Waals surface area contributed by atoms with Gasteiger partial charge >= 0.3 is 0 Å².